The number of pyridine rings is 1. The first-order valence-corrected chi connectivity index (χ1v) is 13.4. The predicted molar refractivity (Wildman–Crippen MR) is 152 cm³/mol. The lowest BCUT2D eigenvalue weighted by Crippen LogP contribution is -2.33. The number of anilines is 2. The summed E-state index contributed by atoms with van der Waals surface area (Å²) >= 11 is 0. The van der Waals surface area contributed by atoms with Gasteiger partial charge in [-0.05, 0) is 69.0 Å². The van der Waals surface area contributed by atoms with Crippen LogP contribution in [0.4, 0.5) is 15.8 Å². The molecular formula is C31H35FN3O3+. The fourth-order valence-electron chi connectivity index (χ4n) is 5.13. The molecule has 1 N–H and O–H groups in total. The lowest BCUT2D eigenvalue weighted by molar-refractivity contribution is -0.646. The first kappa shape index (κ1) is 25.9. The first-order chi connectivity index (χ1) is 18.5. The van der Waals surface area contributed by atoms with Gasteiger partial charge in [0.2, 0.25) is 11.2 Å². The number of hydrogen-bond donors (Lipinski definition) is 1. The van der Waals surface area contributed by atoms with Gasteiger partial charge in [0.15, 0.2) is 0 Å². The zero-order chi connectivity index (χ0) is 26.6. The van der Waals surface area contributed by atoms with Gasteiger partial charge in [0.1, 0.15) is 18.4 Å². The molecule has 0 unspecified atom stereocenters. The number of nitrogens with zero attached hydrogens (tertiary/aromatic N) is 2. The number of benzene rings is 2. The Balaban J connectivity index is 1.41. The Bertz CT molecular complexity index is 1540. The number of fused-ring (bicyclic) bond motifs is 2. The summed E-state index contributed by atoms with van der Waals surface area (Å²) < 4.78 is 27.9. The third kappa shape index (κ3) is 5.43. The third-order valence-corrected chi connectivity index (χ3v) is 7.53. The van der Waals surface area contributed by atoms with Crippen LogP contribution >= 0.6 is 0 Å². The van der Waals surface area contributed by atoms with Crippen molar-refractivity contribution in [1.29, 1.82) is 0 Å². The van der Waals surface area contributed by atoms with Crippen molar-refractivity contribution in [3.8, 4) is 0 Å². The molecule has 1 aliphatic heterocycles. The summed E-state index contributed by atoms with van der Waals surface area (Å²) in [6.07, 6.45) is 5.65. The number of ether oxygens (including phenoxy) is 1. The zero-order valence-corrected chi connectivity index (χ0v) is 22.3. The molecular weight excluding hydrogens is 481 g/mol. The maximum absolute atomic E-state index is 14.8. The van der Waals surface area contributed by atoms with Gasteiger partial charge in [-0.15, -0.1) is 0 Å². The van der Waals surface area contributed by atoms with Crippen LogP contribution in [0, 0.1) is 11.7 Å². The average molecular weight is 517 g/mol. The van der Waals surface area contributed by atoms with E-state index < -0.39 is 0 Å². The Hall–Kier alpha value is -3.71. The maximum Gasteiger partial charge on any atom is 0.343 e. The molecule has 0 amide bonds. The minimum Gasteiger partial charge on any atom is -0.422 e. The van der Waals surface area contributed by atoms with Crippen molar-refractivity contribution < 1.29 is 18.1 Å². The Labute approximate surface area is 222 Å². The van der Waals surface area contributed by atoms with Crippen molar-refractivity contribution in [2.45, 2.75) is 26.7 Å². The molecule has 4 aromatic rings. The van der Waals surface area contributed by atoms with Crippen molar-refractivity contribution in [3.05, 3.63) is 76.0 Å². The van der Waals surface area contributed by atoms with Crippen LogP contribution in [-0.2, 0) is 11.8 Å². The molecule has 0 aliphatic carbocycles. The van der Waals surface area contributed by atoms with E-state index in [1.165, 1.54) is 0 Å². The molecule has 1 aliphatic rings. The molecule has 0 radical (unpaired) electrons. The van der Waals surface area contributed by atoms with Gasteiger partial charge in [0, 0.05) is 73.6 Å². The van der Waals surface area contributed by atoms with Gasteiger partial charge in [-0.25, -0.2) is 9.18 Å². The van der Waals surface area contributed by atoms with Crippen LogP contribution in [0.1, 0.15) is 37.9 Å². The summed E-state index contributed by atoms with van der Waals surface area (Å²) in [6.45, 7) is 8.24. The van der Waals surface area contributed by atoms with E-state index in [0.717, 1.165) is 73.4 Å². The van der Waals surface area contributed by atoms with Crippen LogP contribution in [-0.4, -0.2) is 32.8 Å². The molecule has 1 saturated heterocycles. The molecule has 3 heterocycles. The summed E-state index contributed by atoms with van der Waals surface area (Å²) in [6, 6.07) is 15.1. The molecule has 2 aromatic carbocycles. The largest absolute Gasteiger partial charge is 0.422 e. The highest BCUT2D eigenvalue weighted by Crippen LogP contribution is 2.25. The molecule has 0 saturated carbocycles. The standard InChI is InChI=1S/C31H34FN3O3/c1-4-35(5-2)26-11-7-23-16-24(31(36)38-30(23)18-26)8-10-25-9-6-22-17-27(32)28(19-29(22)34(25)3)33-20-21-12-14-37-15-13-21/h6-11,16-19,21H,4-5,12-15,20H2,1-3H3/p+1/b10-8+. The Morgan fingerprint density at radius 1 is 1.03 bits per heavy atom. The second-order valence-electron chi connectivity index (χ2n) is 9.86. The van der Waals surface area contributed by atoms with E-state index in [2.05, 4.69) is 30.1 Å². The van der Waals surface area contributed by atoms with E-state index in [-0.39, 0.29) is 11.4 Å². The van der Waals surface area contributed by atoms with Crippen LogP contribution in [0.3, 0.4) is 0 Å². The van der Waals surface area contributed by atoms with E-state index in [1.54, 1.807) is 12.1 Å². The van der Waals surface area contributed by atoms with Gasteiger partial charge in [-0.2, -0.15) is 4.57 Å². The van der Waals surface area contributed by atoms with E-state index >= 15 is 0 Å². The summed E-state index contributed by atoms with van der Waals surface area (Å²) in [5.41, 5.74) is 4.00. The maximum atomic E-state index is 14.8. The highest BCUT2D eigenvalue weighted by atomic mass is 19.1. The van der Waals surface area contributed by atoms with Crippen molar-refractivity contribution in [3.63, 3.8) is 0 Å². The molecule has 0 atom stereocenters. The minimum absolute atomic E-state index is 0.259. The Morgan fingerprint density at radius 3 is 2.55 bits per heavy atom. The van der Waals surface area contributed by atoms with E-state index in [9.17, 15) is 9.18 Å². The van der Waals surface area contributed by atoms with E-state index in [0.29, 0.717) is 22.8 Å². The molecule has 0 spiro atoms. The third-order valence-electron chi connectivity index (χ3n) is 7.53. The molecule has 0 bridgehead atoms. The molecule has 5 rings (SSSR count). The van der Waals surface area contributed by atoms with E-state index in [1.807, 2.05) is 54.1 Å². The highest BCUT2D eigenvalue weighted by molar-refractivity contribution is 5.84. The quantitative estimate of drug-likeness (QED) is 0.238. The fraction of sp³-hybridized carbons (Fsp3) is 0.355. The summed E-state index contributed by atoms with van der Waals surface area (Å²) in [5.74, 6) is 0.227. The van der Waals surface area contributed by atoms with Gasteiger partial charge in [-0.3, -0.25) is 0 Å². The van der Waals surface area contributed by atoms with Gasteiger partial charge in [0.25, 0.3) is 0 Å². The number of aryl methyl sites for hydroxylation is 1. The minimum atomic E-state index is -0.379. The first-order valence-electron chi connectivity index (χ1n) is 13.4. The molecule has 198 valence electrons. The average Bonchev–Trinajstić information content (AvgIpc) is 2.93. The normalized spacial score (nSPS) is 14.5. The lowest BCUT2D eigenvalue weighted by atomic mass is 10.0. The zero-order valence-electron chi connectivity index (χ0n) is 22.3. The van der Waals surface area contributed by atoms with Crippen molar-refractivity contribution in [2.75, 3.05) is 43.1 Å². The fourth-order valence-corrected chi connectivity index (χ4v) is 5.13. The van der Waals surface area contributed by atoms with Crippen LogP contribution in [0.25, 0.3) is 34.0 Å². The number of halogens is 1. The van der Waals surface area contributed by atoms with Crippen molar-refractivity contribution >= 4 is 45.4 Å². The molecule has 38 heavy (non-hydrogen) atoms. The monoisotopic (exact) mass is 516 g/mol. The summed E-state index contributed by atoms with van der Waals surface area (Å²) in [4.78, 5) is 15.0. The van der Waals surface area contributed by atoms with E-state index in [4.69, 9.17) is 9.15 Å². The summed E-state index contributed by atoms with van der Waals surface area (Å²) in [7, 11) is 1.94. The lowest BCUT2D eigenvalue weighted by Gasteiger charge is -2.22. The molecule has 1 fully saturated rings. The van der Waals surface area contributed by atoms with Gasteiger partial charge in [-0.1, -0.05) is 0 Å². The van der Waals surface area contributed by atoms with Crippen LogP contribution in [0.5, 0.6) is 0 Å². The second-order valence-corrected chi connectivity index (χ2v) is 9.86. The highest BCUT2D eigenvalue weighted by Gasteiger charge is 2.17. The number of hydrogen-bond acceptors (Lipinski definition) is 5. The van der Waals surface area contributed by atoms with Crippen LogP contribution in [0.15, 0.2) is 57.7 Å². The van der Waals surface area contributed by atoms with Crippen molar-refractivity contribution in [1.82, 2.24) is 0 Å². The van der Waals surface area contributed by atoms with Crippen LogP contribution < -0.4 is 20.4 Å². The topological polar surface area (TPSA) is 58.6 Å². The SMILES string of the molecule is CCN(CC)c1ccc2cc(/C=C/c3ccc4cc(F)c(NCC5CCOCC5)cc4[n+]3C)c(=O)oc2c1. The summed E-state index contributed by atoms with van der Waals surface area (Å²) in [5, 5.41) is 4.99. The Morgan fingerprint density at radius 2 is 1.79 bits per heavy atom. The number of rotatable bonds is 8. The van der Waals surface area contributed by atoms with Crippen LogP contribution in [0.2, 0.25) is 0 Å². The number of nitrogens with one attached hydrogen (secondary N) is 1. The molecule has 7 heteroatoms. The Kier molecular flexibility index (Phi) is 7.74. The predicted octanol–water partition coefficient (Wildman–Crippen LogP) is 5.76. The molecule has 6 nitrogen and oxygen atoms in total. The van der Waals surface area contributed by atoms with Gasteiger partial charge >= 0.3 is 5.63 Å². The second kappa shape index (κ2) is 11.4. The van der Waals surface area contributed by atoms with Gasteiger partial charge < -0.3 is 19.4 Å². The van der Waals surface area contributed by atoms with Crippen molar-refractivity contribution in [2.24, 2.45) is 13.0 Å². The van der Waals surface area contributed by atoms with Gasteiger partial charge in [0.05, 0.1) is 11.3 Å². The molecule has 2 aromatic heterocycles. The number of aromatic nitrogens is 1. The smallest absolute Gasteiger partial charge is 0.343 e.